The number of rotatable bonds is 4. The van der Waals surface area contributed by atoms with Crippen LogP contribution in [0.2, 0.25) is 0 Å². The number of aliphatic hydroxyl groups is 2. The van der Waals surface area contributed by atoms with E-state index in [1.165, 1.54) is 11.8 Å². The molecular formula is C23H26N6O5. The van der Waals surface area contributed by atoms with Crippen LogP contribution in [-0.4, -0.2) is 85.9 Å². The summed E-state index contributed by atoms with van der Waals surface area (Å²) in [4.78, 5) is 23.3. The molecule has 2 aromatic rings. The van der Waals surface area contributed by atoms with Gasteiger partial charge in [-0.2, -0.15) is 5.06 Å². The van der Waals surface area contributed by atoms with E-state index >= 15 is 0 Å². The van der Waals surface area contributed by atoms with Gasteiger partial charge in [0, 0.05) is 0 Å². The van der Waals surface area contributed by atoms with Crippen molar-refractivity contribution in [1.82, 2.24) is 9.96 Å². The van der Waals surface area contributed by atoms with Gasteiger partial charge < -0.3 is 31.3 Å². The maximum Gasteiger partial charge on any atom is 0.339 e. The lowest BCUT2D eigenvalue weighted by atomic mass is 9.79. The van der Waals surface area contributed by atoms with Crippen LogP contribution in [0.15, 0.2) is 64.6 Å². The van der Waals surface area contributed by atoms with E-state index in [0.717, 1.165) is 5.56 Å². The average molecular weight is 466 g/mol. The molecule has 0 aliphatic carbocycles. The van der Waals surface area contributed by atoms with Crippen LogP contribution in [0, 0.1) is 0 Å². The second-order valence-electron chi connectivity index (χ2n) is 8.77. The van der Waals surface area contributed by atoms with Crippen LogP contribution in [0.3, 0.4) is 0 Å². The van der Waals surface area contributed by atoms with Gasteiger partial charge in [-0.05, 0) is 24.1 Å². The number of nitrogens with two attached hydrogens (primary N) is 2. The molecule has 0 bridgehead atoms. The molecule has 0 aromatic heterocycles. The summed E-state index contributed by atoms with van der Waals surface area (Å²) in [5.41, 5.74) is 10.3. The molecule has 1 fully saturated rings. The van der Waals surface area contributed by atoms with E-state index in [9.17, 15) is 20.2 Å². The van der Waals surface area contributed by atoms with Crippen molar-refractivity contribution < 1.29 is 25.0 Å². The standard InChI is InChI=1S/C23H26N6O5/c1-22(32)17(34-19(31)15-10-6-5-9-14(15)13-7-3-2-4-8-13)11-28-20(24)26-16(12-30)18-23(22,28)29(33)21(25)27-18/h2-10,16-18,30,32-33H,11-12H2,1H3,(H2,24,26)(H2,25,27). The smallest absolute Gasteiger partial charge is 0.339 e. The van der Waals surface area contributed by atoms with Crippen LogP contribution in [0.25, 0.3) is 11.1 Å². The van der Waals surface area contributed by atoms with Gasteiger partial charge in [0.1, 0.15) is 17.7 Å². The van der Waals surface area contributed by atoms with Crippen molar-refractivity contribution in [3.8, 4) is 11.1 Å². The van der Waals surface area contributed by atoms with E-state index in [0.29, 0.717) is 16.2 Å². The molecule has 3 heterocycles. The van der Waals surface area contributed by atoms with E-state index in [4.69, 9.17) is 16.2 Å². The topological polar surface area (TPSA) is 170 Å². The third-order valence-corrected chi connectivity index (χ3v) is 6.96. The van der Waals surface area contributed by atoms with E-state index in [1.54, 1.807) is 12.1 Å². The molecule has 1 saturated heterocycles. The second-order valence-corrected chi connectivity index (χ2v) is 8.77. The molecule has 5 unspecified atom stereocenters. The summed E-state index contributed by atoms with van der Waals surface area (Å²) < 4.78 is 5.84. The van der Waals surface area contributed by atoms with Gasteiger partial charge >= 0.3 is 5.97 Å². The third-order valence-electron chi connectivity index (χ3n) is 6.96. The number of benzene rings is 2. The normalized spacial score (nSPS) is 32.1. The molecule has 3 aliphatic heterocycles. The van der Waals surface area contributed by atoms with Crippen LogP contribution in [0.1, 0.15) is 17.3 Å². The molecule has 1 spiro atoms. The van der Waals surface area contributed by atoms with E-state index in [-0.39, 0.29) is 18.5 Å². The summed E-state index contributed by atoms with van der Waals surface area (Å²) in [5, 5.41) is 33.2. The van der Waals surface area contributed by atoms with E-state index in [1.807, 2.05) is 42.5 Å². The van der Waals surface area contributed by atoms with Crippen molar-refractivity contribution in [2.24, 2.45) is 21.5 Å². The van der Waals surface area contributed by atoms with Crippen molar-refractivity contribution in [1.29, 1.82) is 0 Å². The fraction of sp³-hybridized carbons (Fsp3) is 0.348. The van der Waals surface area contributed by atoms with Gasteiger partial charge in [-0.3, -0.25) is 5.21 Å². The van der Waals surface area contributed by atoms with E-state index in [2.05, 4.69) is 9.98 Å². The molecule has 0 amide bonds. The molecule has 11 nitrogen and oxygen atoms in total. The minimum Gasteiger partial charge on any atom is -0.454 e. The van der Waals surface area contributed by atoms with Crippen LogP contribution in [0.4, 0.5) is 0 Å². The van der Waals surface area contributed by atoms with Crippen molar-refractivity contribution in [2.45, 2.75) is 36.4 Å². The Bertz CT molecular complexity index is 1190. The SMILES string of the molecule is CC1(O)C(OC(=O)c2ccccc2-c2ccccc2)CN2C(N)=NC(CO)C3N=C(N)N(O)C321. The average Bonchev–Trinajstić information content (AvgIpc) is 3.25. The largest absolute Gasteiger partial charge is 0.454 e. The molecule has 7 N–H and O–H groups in total. The van der Waals surface area contributed by atoms with Crippen LogP contribution in [0.5, 0.6) is 0 Å². The highest BCUT2D eigenvalue weighted by Crippen LogP contribution is 2.50. The van der Waals surface area contributed by atoms with Crippen LogP contribution < -0.4 is 11.5 Å². The number of guanidine groups is 2. The molecule has 11 heteroatoms. The molecule has 178 valence electrons. The maximum atomic E-state index is 13.3. The zero-order valence-electron chi connectivity index (χ0n) is 18.4. The zero-order valence-corrected chi connectivity index (χ0v) is 18.4. The minimum absolute atomic E-state index is 0.0391. The van der Waals surface area contributed by atoms with Crippen molar-refractivity contribution in [3.05, 3.63) is 60.2 Å². The molecule has 5 rings (SSSR count). The fourth-order valence-corrected chi connectivity index (χ4v) is 5.32. The maximum absolute atomic E-state index is 13.3. The number of nitrogens with zero attached hydrogens (tertiary/aromatic N) is 4. The Kier molecular flexibility index (Phi) is 5.01. The van der Waals surface area contributed by atoms with Gasteiger partial charge in [0.2, 0.25) is 11.6 Å². The van der Waals surface area contributed by atoms with Crippen molar-refractivity contribution >= 4 is 17.9 Å². The number of esters is 1. The summed E-state index contributed by atoms with van der Waals surface area (Å²) >= 11 is 0. The third kappa shape index (κ3) is 2.84. The van der Waals surface area contributed by atoms with Crippen molar-refractivity contribution in [2.75, 3.05) is 13.2 Å². The first-order valence-corrected chi connectivity index (χ1v) is 10.9. The summed E-state index contributed by atoms with van der Waals surface area (Å²) in [5.74, 6) is -0.953. The molecule has 0 radical (unpaired) electrons. The summed E-state index contributed by atoms with van der Waals surface area (Å²) in [7, 11) is 0. The second kappa shape index (κ2) is 7.69. The fourth-order valence-electron chi connectivity index (χ4n) is 5.32. The first kappa shape index (κ1) is 22.1. The lowest BCUT2D eigenvalue weighted by Gasteiger charge is -2.51. The predicted octanol–water partition coefficient (Wildman–Crippen LogP) is -0.281. The Balaban J connectivity index is 1.52. The molecule has 0 saturated carbocycles. The molecular weight excluding hydrogens is 440 g/mol. The molecule has 3 aliphatic rings. The highest BCUT2D eigenvalue weighted by atomic mass is 16.6. The van der Waals surface area contributed by atoms with Gasteiger partial charge in [-0.1, -0.05) is 48.5 Å². The monoisotopic (exact) mass is 466 g/mol. The van der Waals surface area contributed by atoms with Crippen molar-refractivity contribution in [3.63, 3.8) is 0 Å². The number of hydroxylamine groups is 2. The number of hydrogen-bond donors (Lipinski definition) is 5. The molecule has 5 atom stereocenters. The predicted molar refractivity (Wildman–Crippen MR) is 123 cm³/mol. The van der Waals surface area contributed by atoms with Crippen LogP contribution >= 0.6 is 0 Å². The lowest BCUT2D eigenvalue weighted by molar-refractivity contribution is -0.228. The van der Waals surface area contributed by atoms with Gasteiger partial charge in [0.05, 0.1) is 18.7 Å². The number of carbonyl (C=O) groups excluding carboxylic acids is 1. The lowest BCUT2D eigenvalue weighted by Crippen LogP contribution is -2.76. The minimum atomic E-state index is -1.90. The van der Waals surface area contributed by atoms with E-state index < -0.39 is 42.0 Å². The Labute approximate surface area is 195 Å². The quantitative estimate of drug-likeness (QED) is 0.380. The zero-order chi connectivity index (χ0) is 24.3. The van der Waals surface area contributed by atoms with Crippen LogP contribution in [-0.2, 0) is 4.74 Å². The highest BCUT2D eigenvalue weighted by molar-refractivity contribution is 5.97. The highest BCUT2D eigenvalue weighted by Gasteiger charge is 2.75. The Hall–Kier alpha value is -3.67. The summed E-state index contributed by atoms with van der Waals surface area (Å²) in [6.07, 6.45) is -1.13. The molecule has 34 heavy (non-hydrogen) atoms. The Morgan fingerprint density at radius 2 is 1.79 bits per heavy atom. The number of ether oxygens (including phenoxy) is 1. The number of aliphatic imine (C=N–C) groups is 2. The number of aliphatic hydroxyl groups excluding tert-OH is 1. The number of carbonyl (C=O) groups is 1. The summed E-state index contributed by atoms with van der Waals surface area (Å²) in [6, 6.07) is 14.6. The van der Waals surface area contributed by atoms with Gasteiger partial charge in [0.25, 0.3) is 0 Å². The van der Waals surface area contributed by atoms with Gasteiger partial charge in [-0.15, -0.1) is 0 Å². The Morgan fingerprint density at radius 1 is 1.12 bits per heavy atom. The van der Waals surface area contributed by atoms with Gasteiger partial charge in [0.15, 0.2) is 12.1 Å². The Morgan fingerprint density at radius 3 is 2.50 bits per heavy atom. The van der Waals surface area contributed by atoms with Gasteiger partial charge in [-0.25, -0.2) is 14.8 Å². The first-order valence-electron chi connectivity index (χ1n) is 10.9. The molecule has 2 aromatic carbocycles. The number of hydrogen-bond acceptors (Lipinski definition) is 11. The summed E-state index contributed by atoms with van der Waals surface area (Å²) in [6.45, 7) is 0.915. The first-order chi connectivity index (χ1) is 16.2.